The predicted octanol–water partition coefficient (Wildman–Crippen LogP) is 26.0. The number of aliphatic hydroxyl groups is 4. The molecule has 0 aliphatic heterocycles. The Bertz CT molecular complexity index is 6240. The van der Waals surface area contributed by atoms with Crippen molar-refractivity contribution in [3.63, 3.8) is 0 Å². The van der Waals surface area contributed by atoms with Crippen molar-refractivity contribution in [2.24, 2.45) is 0 Å². The number of hydrogen-bond acceptors (Lipinski definition) is 22. The van der Waals surface area contributed by atoms with E-state index in [0.717, 1.165) is 137 Å². The maximum absolute atomic E-state index is 12.7. The third-order valence-electron chi connectivity index (χ3n) is 31.2. The number of thiophene rings is 4. The van der Waals surface area contributed by atoms with Crippen LogP contribution in [0.2, 0.25) is 0 Å². The van der Waals surface area contributed by atoms with Crippen molar-refractivity contribution in [2.45, 2.75) is 337 Å². The number of aliphatic carboxylic acids is 2. The van der Waals surface area contributed by atoms with E-state index >= 15 is 0 Å². The van der Waals surface area contributed by atoms with Gasteiger partial charge in [0.05, 0.1) is 36.6 Å². The molecule has 0 fully saturated rings. The minimum absolute atomic E-state index is 0.178. The lowest BCUT2D eigenvalue weighted by Crippen LogP contribution is -2.39. The fourth-order valence-corrected chi connectivity index (χ4v) is 24.9. The van der Waals surface area contributed by atoms with Crippen LogP contribution in [0.3, 0.4) is 0 Å². The van der Waals surface area contributed by atoms with Crippen LogP contribution < -0.4 is 40.2 Å². The lowest BCUT2D eigenvalue weighted by molar-refractivity contribution is -0.143. The molecule has 8 aromatic carbocycles. The van der Waals surface area contributed by atoms with Crippen LogP contribution >= 0.6 is 45.3 Å². The second kappa shape index (κ2) is 53.6. The quantitative estimate of drug-likeness (QED) is 0.0158. The van der Waals surface area contributed by atoms with Crippen LogP contribution in [0.4, 0.5) is 0 Å². The summed E-state index contributed by atoms with van der Waals surface area (Å²) in [5.41, 5.74) is 6.94. The van der Waals surface area contributed by atoms with Crippen molar-refractivity contribution >= 4 is 133 Å². The van der Waals surface area contributed by atoms with Gasteiger partial charge in [-0.3, -0.25) is 28.8 Å². The summed E-state index contributed by atoms with van der Waals surface area (Å²) in [5, 5.41) is 75.4. The highest BCUT2D eigenvalue weighted by atomic mass is 32.1. The molecule has 4 atom stereocenters. The van der Waals surface area contributed by atoms with Crippen molar-refractivity contribution in [1.82, 2.24) is 21.3 Å². The van der Waals surface area contributed by atoms with Gasteiger partial charge in [0.1, 0.15) is 73.6 Å². The Hall–Kier alpha value is -11.6. The van der Waals surface area contributed by atoms with Crippen LogP contribution in [0.25, 0.3) is 40.3 Å². The molecule has 0 saturated carbocycles. The normalized spacial score (nSPS) is 12.9. The lowest BCUT2D eigenvalue weighted by atomic mass is 9.74. The summed E-state index contributed by atoms with van der Waals surface area (Å²) < 4.78 is 37.6. The van der Waals surface area contributed by atoms with Gasteiger partial charge in [-0.25, -0.2) is 9.59 Å². The first-order chi connectivity index (χ1) is 71.1. The summed E-state index contributed by atoms with van der Waals surface area (Å²) in [4.78, 5) is 101. The van der Waals surface area contributed by atoms with Gasteiger partial charge in [-0.15, -0.1) is 45.3 Å². The highest BCUT2D eigenvalue weighted by molar-refractivity contribution is 7.20. The smallest absolute Gasteiger partial charge is 0.328 e. The van der Waals surface area contributed by atoms with E-state index in [9.17, 15) is 58.8 Å². The van der Waals surface area contributed by atoms with Gasteiger partial charge in [-0.1, -0.05) is 184 Å². The molecule has 0 aliphatic carbocycles. The number of esters is 2. The summed E-state index contributed by atoms with van der Waals surface area (Å²) in [6.07, 6.45) is 12.5. The molecule has 0 unspecified atom stereocenters. The summed E-state index contributed by atoms with van der Waals surface area (Å²) in [6, 6.07) is 53.2. The summed E-state index contributed by atoms with van der Waals surface area (Å²) in [7, 11) is 2.61. The van der Waals surface area contributed by atoms with E-state index in [1.807, 2.05) is 142 Å². The van der Waals surface area contributed by atoms with E-state index in [-0.39, 0.29) is 59.9 Å². The average Bonchev–Trinajstić information content (AvgIpc) is 1.64. The van der Waals surface area contributed by atoms with E-state index < -0.39 is 82.3 Å². The maximum atomic E-state index is 12.7. The summed E-state index contributed by atoms with van der Waals surface area (Å²) in [6.45, 7) is 48.8. The first-order valence-corrected chi connectivity index (χ1v) is 56.3. The third-order valence-corrected chi connectivity index (χ3v) is 36.5. The second-order valence-electron chi connectivity index (χ2n) is 39.9. The number of carboxylic acids is 2. The van der Waals surface area contributed by atoms with Gasteiger partial charge in [-0.05, 0) is 321 Å². The number of fused-ring (bicyclic) bond motifs is 4. The molecule has 28 heteroatoms. The van der Waals surface area contributed by atoms with E-state index in [2.05, 4.69) is 163 Å². The number of amides is 4. The van der Waals surface area contributed by atoms with Gasteiger partial charge in [-0.2, -0.15) is 0 Å². The zero-order valence-electron chi connectivity index (χ0n) is 92.6. The molecule has 12 rings (SSSR count). The number of ether oxygens (including phenoxy) is 6. The number of carbonyl (C=O) groups excluding carboxylic acids is 6. The van der Waals surface area contributed by atoms with Crippen LogP contribution in [0.15, 0.2) is 170 Å². The molecule has 0 aliphatic rings. The molecule has 812 valence electrons. The van der Waals surface area contributed by atoms with Gasteiger partial charge < -0.3 is 80.3 Å². The molecule has 12 aromatic rings. The first kappa shape index (κ1) is 122. The molecule has 0 bridgehead atoms. The Labute approximate surface area is 902 Å². The second-order valence-corrected chi connectivity index (χ2v) is 44.2. The van der Waals surface area contributed by atoms with Gasteiger partial charge in [0.15, 0.2) is 0 Å². The van der Waals surface area contributed by atoms with E-state index in [0.29, 0.717) is 73.6 Å². The summed E-state index contributed by atoms with van der Waals surface area (Å²) >= 11 is 6.75. The van der Waals surface area contributed by atoms with Crippen LogP contribution in [0.5, 0.6) is 23.0 Å². The van der Waals surface area contributed by atoms with Crippen molar-refractivity contribution in [3.05, 3.63) is 256 Å². The minimum atomic E-state index is -1.07. The molecule has 150 heavy (non-hydrogen) atoms. The molecule has 10 N–H and O–H groups in total. The molecule has 4 heterocycles. The van der Waals surface area contributed by atoms with Gasteiger partial charge in [0.2, 0.25) is 0 Å². The van der Waals surface area contributed by atoms with Crippen molar-refractivity contribution < 1.29 is 97.4 Å². The highest BCUT2D eigenvalue weighted by Crippen LogP contribution is 2.51. The number of aryl methyl sites for hydroxylation is 4. The number of nitrogens with one attached hydrogen (secondary N) is 4. The molecule has 24 nitrogen and oxygen atoms in total. The fraction of sp³-hybridized carbons (Fsp3) is 0.475. The molecule has 4 amide bonds. The Morgan fingerprint density at radius 3 is 0.613 bits per heavy atom. The summed E-state index contributed by atoms with van der Waals surface area (Å²) in [5.74, 6) is -1.34. The zero-order chi connectivity index (χ0) is 111. The van der Waals surface area contributed by atoms with Gasteiger partial charge >= 0.3 is 23.9 Å². The standard InChI is InChI=1S/2C31H41NO5S.2C30H39NO5S/c2*1-8-30(35,9-2)19-37-25-15-14-24(16-20(25)5)31(10-3,11-4)27-18-22-12-13-23(17-26(22)38-27)28(33)32-21(6)29(34)36-7;2*1-7-29(35,8-2)18-36-24-14-13-23(15-19(24)5)30(9-3,10-4)26-17-21-11-12-22(16-25(21)37-26)27(32)31-20(6)28(33)34/h2*12-18,21,35H,8-11,19H2,1-7H3,(H,32,33);2*11-17,20,35H,7-10,18H2,1-6H3,(H,31,32)(H,33,34)/t2*21-;2*20-/m1010/s1. The molecular formula is C122H160N4O20S4. The zero-order valence-corrected chi connectivity index (χ0v) is 95.9. The number of rotatable bonds is 48. The van der Waals surface area contributed by atoms with Gasteiger partial charge in [0, 0.05) is 82.2 Å². The lowest BCUT2D eigenvalue weighted by Gasteiger charge is -2.32. The van der Waals surface area contributed by atoms with E-state index in [1.54, 1.807) is 83.5 Å². The third kappa shape index (κ3) is 28.5. The Morgan fingerprint density at radius 1 is 0.267 bits per heavy atom. The van der Waals surface area contributed by atoms with Crippen LogP contribution in [0.1, 0.15) is 347 Å². The van der Waals surface area contributed by atoms with Crippen LogP contribution in [-0.4, -0.2) is 165 Å². The monoisotopic (exact) mass is 2130 g/mol. The largest absolute Gasteiger partial charge is 0.490 e. The molecule has 0 spiro atoms. The Morgan fingerprint density at radius 2 is 0.453 bits per heavy atom. The molecule has 0 saturated heterocycles. The molecule has 4 aromatic heterocycles. The number of methoxy groups -OCH3 is 2. The van der Waals surface area contributed by atoms with Crippen molar-refractivity contribution in [3.8, 4) is 23.0 Å². The predicted molar refractivity (Wildman–Crippen MR) is 609 cm³/mol. The topological polar surface area (TPSA) is 361 Å². The van der Waals surface area contributed by atoms with E-state index in [1.165, 1.54) is 69.8 Å². The number of carbonyl (C=O) groups is 8. The van der Waals surface area contributed by atoms with Crippen LogP contribution in [0, 0.1) is 27.7 Å². The number of benzene rings is 8. The fourth-order valence-electron chi connectivity index (χ4n) is 19.0. The average molecular weight is 2130 g/mol. The van der Waals surface area contributed by atoms with E-state index in [4.69, 9.17) is 38.6 Å². The highest BCUT2D eigenvalue weighted by Gasteiger charge is 2.40. The SMILES string of the molecule is CCC(O)(CC)COc1ccc(C(CC)(CC)c2cc3ccc(C(=O)N[C@@H](C)C(=O)O)cc3s2)cc1C.CCC(O)(CC)COc1ccc(C(CC)(CC)c2cc3ccc(C(=O)N[C@@H](C)C(=O)OC)cc3s2)cc1C.CCC(O)(CC)COc1ccc(C(CC)(CC)c2cc3ccc(C(=O)N[C@H](C)C(=O)O)cc3s2)cc1C.CCC(O)(CC)COc1ccc(C(CC)(CC)c2cc3ccc(C(=O)N[C@H](C)C(=O)OC)cc3s2)cc1C. The minimum Gasteiger partial charge on any atom is -0.490 e. The van der Waals surface area contributed by atoms with Gasteiger partial charge in [0.25, 0.3) is 23.6 Å². The molecule has 0 radical (unpaired) electrons. The Balaban J connectivity index is 0.000000222. The van der Waals surface area contributed by atoms with Crippen LogP contribution in [-0.2, 0) is 50.3 Å². The van der Waals surface area contributed by atoms with Crippen molar-refractivity contribution in [1.29, 1.82) is 0 Å². The van der Waals surface area contributed by atoms with Crippen molar-refractivity contribution in [2.75, 3.05) is 40.6 Å². The number of carboxylic acid groups (broad SMARTS) is 2. The maximum Gasteiger partial charge on any atom is 0.328 e. The number of hydrogen-bond donors (Lipinski definition) is 10. The first-order valence-electron chi connectivity index (χ1n) is 53.0. The molecular weight excluding hydrogens is 1970 g/mol. The Kier molecular flexibility index (Phi) is 43.6.